The lowest BCUT2D eigenvalue weighted by Crippen LogP contribution is -2.06. The Labute approximate surface area is 104 Å². The van der Waals surface area contributed by atoms with Crippen LogP contribution in [0.2, 0.25) is 0 Å². The maximum absolute atomic E-state index is 12.5. The van der Waals surface area contributed by atoms with Gasteiger partial charge >= 0.3 is 0 Å². The molecule has 1 aliphatic carbocycles. The van der Waals surface area contributed by atoms with E-state index in [1.807, 2.05) is 18.2 Å². The van der Waals surface area contributed by atoms with Crippen LogP contribution in [-0.4, -0.2) is 5.78 Å². The number of aryl methyl sites for hydroxylation is 1. The predicted octanol–water partition coefficient (Wildman–Crippen LogP) is 4.32. The van der Waals surface area contributed by atoms with Gasteiger partial charge in [0.1, 0.15) is 0 Å². The van der Waals surface area contributed by atoms with Crippen molar-refractivity contribution in [2.24, 2.45) is 0 Å². The topological polar surface area (TPSA) is 17.1 Å². The average molecular weight is 228 g/mol. The molecular weight excluding hydrogens is 208 g/mol. The molecule has 0 radical (unpaired) electrons. The molecule has 0 saturated heterocycles. The molecule has 0 saturated carbocycles. The summed E-state index contributed by atoms with van der Waals surface area (Å²) < 4.78 is 0. The Kier molecular flexibility index (Phi) is 4.13. The van der Waals surface area contributed by atoms with Gasteiger partial charge in [-0.3, -0.25) is 4.79 Å². The molecule has 90 valence electrons. The highest BCUT2D eigenvalue weighted by molar-refractivity contribution is 6.09. The molecule has 0 spiro atoms. The number of allylic oxidation sites excluding steroid dienone is 2. The molecule has 1 aromatic carbocycles. The highest BCUT2D eigenvalue weighted by atomic mass is 16.1. The normalized spacial score (nSPS) is 16.2. The van der Waals surface area contributed by atoms with Crippen molar-refractivity contribution in [2.45, 2.75) is 45.4 Å². The minimum Gasteiger partial charge on any atom is -0.289 e. The Bertz CT molecular complexity index is 429. The Morgan fingerprint density at radius 2 is 2.00 bits per heavy atom. The van der Waals surface area contributed by atoms with Gasteiger partial charge in [-0.1, -0.05) is 43.7 Å². The van der Waals surface area contributed by atoms with Crippen LogP contribution < -0.4 is 0 Å². The van der Waals surface area contributed by atoms with E-state index in [1.54, 1.807) is 0 Å². The largest absolute Gasteiger partial charge is 0.289 e. The lowest BCUT2D eigenvalue weighted by atomic mass is 9.95. The van der Waals surface area contributed by atoms with Crippen LogP contribution in [0.3, 0.4) is 0 Å². The zero-order chi connectivity index (χ0) is 12.1. The molecule has 0 aliphatic heterocycles. The number of ketones is 1. The van der Waals surface area contributed by atoms with Gasteiger partial charge in [-0.25, -0.2) is 0 Å². The lowest BCUT2D eigenvalue weighted by Gasteiger charge is -2.08. The summed E-state index contributed by atoms with van der Waals surface area (Å²) in [5, 5.41) is 0. The van der Waals surface area contributed by atoms with Crippen LogP contribution >= 0.6 is 0 Å². The Hall–Kier alpha value is -1.37. The molecule has 1 aromatic rings. The fourth-order valence-electron chi connectivity index (χ4n) is 2.44. The molecule has 0 atom stereocenters. The van der Waals surface area contributed by atoms with Crippen LogP contribution in [0, 0.1) is 0 Å². The van der Waals surface area contributed by atoms with Gasteiger partial charge in [0, 0.05) is 5.56 Å². The highest BCUT2D eigenvalue weighted by Crippen LogP contribution is 2.22. The number of benzene rings is 1. The third-order valence-electron chi connectivity index (χ3n) is 3.48. The quantitative estimate of drug-likeness (QED) is 0.704. The number of carbonyl (C=O) groups excluding carboxylic acids is 1. The first kappa shape index (κ1) is 12.1. The van der Waals surface area contributed by atoms with Crippen LogP contribution in [-0.2, 0) is 6.42 Å². The van der Waals surface area contributed by atoms with Gasteiger partial charge in [0.15, 0.2) is 5.78 Å². The summed E-state index contributed by atoms with van der Waals surface area (Å²) in [5.74, 6) is 0.254. The summed E-state index contributed by atoms with van der Waals surface area (Å²) in [4.78, 5) is 12.5. The first-order valence-corrected chi connectivity index (χ1v) is 6.64. The highest BCUT2D eigenvalue weighted by Gasteiger charge is 2.15. The number of hydrogen-bond acceptors (Lipinski definition) is 1. The van der Waals surface area contributed by atoms with Crippen LogP contribution in [0.15, 0.2) is 35.9 Å². The van der Waals surface area contributed by atoms with Crippen LogP contribution in [0.4, 0.5) is 0 Å². The van der Waals surface area contributed by atoms with E-state index < -0.39 is 0 Å². The number of rotatable bonds is 3. The summed E-state index contributed by atoms with van der Waals surface area (Å²) >= 11 is 0. The van der Waals surface area contributed by atoms with Gasteiger partial charge in [0.05, 0.1) is 0 Å². The SMILES string of the molecule is CCc1ccccc1C(=O)C1=CCCCCC1. The van der Waals surface area contributed by atoms with E-state index in [1.165, 1.54) is 18.4 Å². The van der Waals surface area contributed by atoms with Crippen molar-refractivity contribution in [1.29, 1.82) is 0 Å². The van der Waals surface area contributed by atoms with Crippen molar-refractivity contribution >= 4 is 5.78 Å². The van der Waals surface area contributed by atoms with E-state index in [9.17, 15) is 4.79 Å². The predicted molar refractivity (Wildman–Crippen MR) is 71.3 cm³/mol. The number of carbonyl (C=O) groups is 1. The average Bonchev–Trinajstić information content (AvgIpc) is 2.66. The maximum Gasteiger partial charge on any atom is 0.188 e. The molecule has 0 aromatic heterocycles. The third kappa shape index (κ3) is 2.85. The first-order chi connectivity index (χ1) is 8.33. The molecule has 1 heteroatoms. The third-order valence-corrected chi connectivity index (χ3v) is 3.48. The van der Waals surface area contributed by atoms with E-state index >= 15 is 0 Å². The van der Waals surface area contributed by atoms with Crippen molar-refractivity contribution in [3.05, 3.63) is 47.0 Å². The Balaban J connectivity index is 2.26. The molecule has 0 heterocycles. The first-order valence-electron chi connectivity index (χ1n) is 6.64. The Morgan fingerprint density at radius 3 is 2.82 bits per heavy atom. The molecule has 17 heavy (non-hydrogen) atoms. The maximum atomic E-state index is 12.5. The molecule has 0 unspecified atom stereocenters. The van der Waals surface area contributed by atoms with Gasteiger partial charge < -0.3 is 0 Å². The fourth-order valence-corrected chi connectivity index (χ4v) is 2.44. The zero-order valence-electron chi connectivity index (χ0n) is 10.5. The van der Waals surface area contributed by atoms with Crippen molar-refractivity contribution in [2.75, 3.05) is 0 Å². The van der Waals surface area contributed by atoms with E-state index in [0.717, 1.165) is 36.8 Å². The second kappa shape index (κ2) is 5.81. The number of Topliss-reactive ketones (excluding diaryl/α,β-unsaturated/α-hetero) is 1. The smallest absolute Gasteiger partial charge is 0.188 e. The minimum absolute atomic E-state index is 0.254. The molecular formula is C16H20O. The monoisotopic (exact) mass is 228 g/mol. The standard InChI is InChI=1S/C16H20O/c1-2-13-9-7-8-12-15(13)16(17)14-10-5-3-4-6-11-14/h7-10,12H,2-6,11H2,1H3. The fraction of sp³-hybridized carbons (Fsp3) is 0.438. The molecule has 1 nitrogen and oxygen atoms in total. The summed E-state index contributed by atoms with van der Waals surface area (Å²) in [6.07, 6.45) is 8.74. The van der Waals surface area contributed by atoms with Crippen molar-refractivity contribution in [1.82, 2.24) is 0 Å². The summed E-state index contributed by atoms with van der Waals surface area (Å²) in [6, 6.07) is 8.00. The van der Waals surface area contributed by atoms with E-state index in [-0.39, 0.29) is 5.78 Å². The van der Waals surface area contributed by atoms with Crippen LogP contribution in [0.5, 0.6) is 0 Å². The zero-order valence-corrected chi connectivity index (χ0v) is 10.5. The summed E-state index contributed by atoms with van der Waals surface area (Å²) in [6.45, 7) is 2.10. The van der Waals surface area contributed by atoms with Crippen LogP contribution in [0.1, 0.15) is 54.9 Å². The van der Waals surface area contributed by atoms with Gasteiger partial charge in [-0.05, 0) is 43.2 Å². The van der Waals surface area contributed by atoms with Gasteiger partial charge in [0.2, 0.25) is 0 Å². The van der Waals surface area contributed by atoms with Crippen molar-refractivity contribution < 1.29 is 4.79 Å². The van der Waals surface area contributed by atoms with E-state index in [0.29, 0.717) is 0 Å². The van der Waals surface area contributed by atoms with Crippen molar-refractivity contribution in [3.8, 4) is 0 Å². The molecule has 0 N–H and O–H groups in total. The second-order valence-electron chi connectivity index (χ2n) is 4.67. The molecule has 0 amide bonds. The Morgan fingerprint density at radius 1 is 1.18 bits per heavy atom. The van der Waals surface area contributed by atoms with Gasteiger partial charge in [0.25, 0.3) is 0 Å². The molecule has 2 rings (SSSR count). The van der Waals surface area contributed by atoms with E-state index in [2.05, 4.69) is 19.1 Å². The van der Waals surface area contributed by atoms with Gasteiger partial charge in [-0.2, -0.15) is 0 Å². The van der Waals surface area contributed by atoms with Crippen LogP contribution in [0.25, 0.3) is 0 Å². The summed E-state index contributed by atoms with van der Waals surface area (Å²) in [7, 11) is 0. The van der Waals surface area contributed by atoms with E-state index in [4.69, 9.17) is 0 Å². The van der Waals surface area contributed by atoms with Gasteiger partial charge in [-0.15, -0.1) is 0 Å². The molecule has 1 aliphatic rings. The molecule has 0 bridgehead atoms. The summed E-state index contributed by atoms with van der Waals surface area (Å²) in [5.41, 5.74) is 3.11. The molecule has 0 fully saturated rings. The second-order valence-corrected chi connectivity index (χ2v) is 4.67. The minimum atomic E-state index is 0.254. The van der Waals surface area contributed by atoms with Crippen molar-refractivity contribution in [3.63, 3.8) is 0 Å². The number of hydrogen-bond donors (Lipinski definition) is 0. The lowest BCUT2D eigenvalue weighted by molar-refractivity contribution is 0.102.